The number of urea groups is 1. The van der Waals surface area contributed by atoms with Crippen molar-refractivity contribution in [2.24, 2.45) is 5.92 Å². The summed E-state index contributed by atoms with van der Waals surface area (Å²) in [6.45, 7) is 4.25. The third-order valence-electron chi connectivity index (χ3n) is 4.03. The Kier molecular flexibility index (Phi) is 4.76. The quantitative estimate of drug-likeness (QED) is 0.477. The molecule has 0 unspecified atom stereocenters. The number of amides is 2. The molecular weight excluding hydrogens is 356 g/mol. The molecule has 28 heavy (non-hydrogen) atoms. The maximum atomic E-state index is 12.2. The van der Waals surface area contributed by atoms with Crippen LogP contribution < -0.4 is 10.6 Å². The van der Waals surface area contributed by atoms with Crippen molar-refractivity contribution in [3.8, 4) is 11.6 Å². The van der Waals surface area contributed by atoms with Crippen LogP contribution in [0.15, 0.2) is 53.1 Å². The number of aromatic nitrogens is 4. The molecular formula is C20H20N6O2. The van der Waals surface area contributed by atoms with E-state index >= 15 is 0 Å². The molecule has 0 fully saturated rings. The molecule has 3 heterocycles. The van der Waals surface area contributed by atoms with Crippen LogP contribution in [-0.2, 0) is 6.42 Å². The van der Waals surface area contributed by atoms with Gasteiger partial charge in [-0.3, -0.25) is 15.4 Å². The minimum atomic E-state index is -0.383. The minimum absolute atomic E-state index is 0.383. The van der Waals surface area contributed by atoms with Crippen molar-refractivity contribution in [2.45, 2.75) is 20.3 Å². The number of nitrogens with zero attached hydrogens (tertiary/aromatic N) is 3. The topological polar surface area (TPSA) is 109 Å². The summed E-state index contributed by atoms with van der Waals surface area (Å²) < 4.78 is 5.77. The van der Waals surface area contributed by atoms with Crippen molar-refractivity contribution in [1.29, 1.82) is 0 Å². The zero-order valence-corrected chi connectivity index (χ0v) is 15.6. The number of benzene rings is 1. The predicted molar refractivity (Wildman–Crippen MR) is 107 cm³/mol. The molecule has 3 N–H and O–H groups in total. The molecule has 0 atom stereocenters. The van der Waals surface area contributed by atoms with Gasteiger partial charge in [0.1, 0.15) is 11.2 Å². The average Bonchev–Trinajstić information content (AvgIpc) is 3.28. The van der Waals surface area contributed by atoms with Gasteiger partial charge >= 0.3 is 6.03 Å². The molecule has 0 aliphatic rings. The summed E-state index contributed by atoms with van der Waals surface area (Å²) in [6, 6.07) is 12.3. The molecule has 0 bridgehead atoms. The second-order valence-electron chi connectivity index (χ2n) is 6.87. The maximum absolute atomic E-state index is 12.2. The van der Waals surface area contributed by atoms with Gasteiger partial charge < -0.3 is 9.73 Å². The number of nitrogens with one attached hydrogen (secondary N) is 3. The summed E-state index contributed by atoms with van der Waals surface area (Å²) in [5.41, 5.74) is 3.48. The molecule has 1 aromatic carbocycles. The number of hydrogen-bond acceptors (Lipinski definition) is 5. The van der Waals surface area contributed by atoms with Crippen molar-refractivity contribution < 1.29 is 9.21 Å². The van der Waals surface area contributed by atoms with Gasteiger partial charge in [-0.2, -0.15) is 5.10 Å². The van der Waals surface area contributed by atoms with E-state index in [0.717, 1.165) is 12.1 Å². The number of fused-ring (bicyclic) bond motifs is 1. The third kappa shape index (κ3) is 4.01. The number of carbonyl (C=O) groups is 1. The molecule has 0 aliphatic carbocycles. The highest BCUT2D eigenvalue weighted by molar-refractivity contribution is 6.00. The molecule has 0 saturated carbocycles. The number of aromatic amines is 1. The number of rotatable bonds is 5. The molecule has 4 rings (SSSR count). The number of hydrogen-bond donors (Lipinski definition) is 3. The van der Waals surface area contributed by atoms with Gasteiger partial charge in [-0.1, -0.05) is 19.9 Å². The fraction of sp³-hybridized carbons (Fsp3) is 0.200. The Balaban J connectivity index is 1.45. The molecule has 8 nitrogen and oxygen atoms in total. The van der Waals surface area contributed by atoms with Crippen molar-refractivity contribution in [3.05, 3.63) is 54.4 Å². The van der Waals surface area contributed by atoms with Gasteiger partial charge in [0.2, 0.25) is 5.89 Å². The van der Waals surface area contributed by atoms with E-state index in [1.807, 2.05) is 24.3 Å². The third-order valence-corrected chi connectivity index (χ3v) is 4.03. The van der Waals surface area contributed by atoms with Crippen LogP contribution >= 0.6 is 0 Å². The molecule has 2 amide bonds. The summed E-state index contributed by atoms with van der Waals surface area (Å²) in [5, 5.41) is 12.5. The van der Waals surface area contributed by atoms with E-state index in [2.05, 4.69) is 44.6 Å². The lowest BCUT2D eigenvalue weighted by Gasteiger charge is -2.05. The SMILES string of the molecule is CC(C)Cc1cc(NC(=O)Nc2ccc3nc(-c4ccccn4)oc3c2)n[nH]1. The highest BCUT2D eigenvalue weighted by Crippen LogP contribution is 2.25. The zero-order chi connectivity index (χ0) is 19.5. The first-order valence-corrected chi connectivity index (χ1v) is 9.01. The molecule has 3 aromatic heterocycles. The predicted octanol–water partition coefficient (Wildman–Crippen LogP) is 4.46. The van der Waals surface area contributed by atoms with Crippen molar-refractivity contribution in [3.63, 3.8) is 0 Å². The van der Waals surface area contributed by atoms with E-state index in [-0.39, 0.29) is 6.03 Å². The monoisotopic (exact) mass is 376 g/mol. The second kappa shape index (κ2) is 7.51. The van der Waals surface area contributed by atoms with E-state index in [1.165, 1.54) is 0 Å². The lowest BCUT2D eigenvalue weighted by molar-refractivity contribution is 0.262. The Morgan fingerprint density at radius 1 is 1.18 bits per heavy atom. The molecule has 8 heteroatoms. The van der Waals surface area contributed by atoms with Gasteiger partial charge in [0.05, 0.1) is 0 Å². The summed E-state index contributed by atoms with van der Waals surface area (Å²) in [4.78, 5) is 20.9. The van der Waals surface area contributed by atoms with Crippen LogP contribution in [0.25, 0.3) is 22.7 Å². The van der Waals surface area contributed by atoms with Crippen LogP contribution in [0.1, 0.15) is 19.5 Å². The van der Waals surface area contributed by atoms with Gasteiger partial charge in [0.15, 0.2) is 11.4 Å². The van der Waals surface area contributed by atoms with Crippen molar-refractivity contribution in [2.75, 3.05) is 10.6 Å². The lowest BCUT2D eigenvalue weighted by Crippen LogP contribution is -2.19. The number of pyridine rings is 1. The van der Waals surface area contributed by atoms with Crippen LogP contribution in [0, 0.1) is 5.92 Å². The first-order valence-electron chi connectivity index (χ1n) is 9.01. The number of H-pyrrole nitrogens is 1. The molecule has 142 valence electrons. The Morgan fingerprint density at radius 3 is 2.86 bits per heavy atom. The molecule has 0 radical (unpaired) electrons. The summed E-state index contributed by atoms with van der Waals surface area (Å²) in [7, 11) is 0. The average molecular weight is 376 g/mol. The summed E-state index contributed by atoms with van der Waals surface area (Å²) >= 11 is 0. The normalized spacial score (nSPS) is 11.1. The van der Waals surface area contributed by atoms with Crippen LogP contribution in [-0.4, -0.2) is 26.2 Å². The molecule has 4 aromatic rings. The molecule has 0 saturated heterocycles. The Labute approximate surface area is 161 Å². The standard InChI is InChI=1S/C20H20N6O2/c1-12(2)9-14-11-18(26-25-14)24-20(27)22-13-6-7-15-17(10-13)28-19(23-15)16-5-3-4-8-21-16/h3-8,10-12H,9H2,1-2H3,(H3,22,24,25,26,27). The van der Waals surface area contributed by atoms with Gasteiger partial charge in [-0.15, -0.1) is 0 Å². The van der Waals surface area contributed by atoms with Gasteiger partial charge in [0.25, 0.3) is 0 Å². The first kappa shape index (κ1) is 17.7. The number of oxazole rings is 1. The van der Waals surface area contributed by atoms with Crippen molar-refractivity contribution in [1.82, 2.24) is 20.2 Å². The van der Waals surface area contributed by atoms with Crippen molar-refractivity contribution >= 4 is 28.6 Å². The number of anilines is 2. The highest BCUT2D eigenvalue weighted by Gasteiger charge is 2.11. The number of carbonyl (C=O) groups excluding carboxylic acids is 1. The minimum Gasteiger partial charge on any atom is -0.435 e. The van der Waals surface area contributed by atoms with Crippen LogP contribution in [0.2, 0.25) is 0 Å². The smallest absolute Gasteiger partial charge is 0.324 e. The highest BCUT2D eigenvalue weighted by atomic mass is 16.3. The summed E-state index contributed by atoms with van der Waals surface area (Å²) in [6.07, 6.45) is 2.56. The van der Waals surface area contributed by atoms with Gasteiger partial charge in [-0.25, -0.2) is 9.78 Å². The van der Waals surface area contributed by atoms with E-state index in [1.54, 1.807) is 24.4 Å². The molecule has 0 spiro atoms. The maximum Gasteiger partial charge on any atom is 0.324 e. The Morgan fingerprint density at radius 2 is 2.07 bits per heavy atom. The second-order valence-corrected chi connectivity index (χ2v) is 6.87. The van der Waals surface area contributed by atoms with E-state index in [0.29, 0.717) is 40.1 Å². The summed E-state index contributed by atoms with van der Waals surface area (Å²) in [5.74, 6) is 1.42. The van der Waals surface area contributed by atoms with Gasteiger partial charge in [-0.05, 0) is 36.6 Å². The Bertz CT molecular complexity index is 1100. The van der Waals surface area contributed by atoms with Crippen LogP contribution in [0.5, 0.6) is 0 Å². The van der Waals surface area contributed by atoms with E-state index in [4.69, 9.17) is 4.42 Å². The molecule has 0 aliphatic heterocycles. The zero-order valence-electron chi connectivity index (χ0n) is 15.6. The largest absolute Gasteiger partial charge is 0.435 e. The fourth-order valence-corrected chi connectivity index (χ4v) is 2.85. The lowest BCUT2D eigenvalue weighted by atomic mass is 10.1. The van der Waals surface area contributed by atoms with Crippen LogP contribution in [0.3, 0.4) is 0 Å². The van der Waals surface area contributed by atoms with Gasteiger partial charge in [0, 0.05) is 29.7 Å². The fourth-order valence-electron chi connectivity index (χ4n) is 2.85. The Hall–Kier alpha value is -3.68. The van der Waals surface area contributed by atoms with E-state index in [9.17, 15) is 4.79 Å². The van der Waals surface area contributed by atoms with E-state index < -0.39 is 0 Å². The first-order chi connectivity index (χ1) is 13.6. The van der Waals surface area contributed by atoms with Crippen LogP contribution in [0.4, 0.5) is 16.3 Å².